The van der Waals surface area contributed by atoms with Crippen molar-refractivity contribution in [2.75, 3.05) is 5.43 Å². The monoisotopic (exact) mass is 297 g/mol. The average molecular weight is 297 g/mol. The van der Waals surface area contributed by atoms with E-state index in [1.807, 2.05) is 35.7 Å². The summed E-state index contributed by atoms with van der Waals surface area (Å²) in [6, 6.07) is 16.1. The topological polar surface area (TPSA) is 37.3 Å². The second-order valence-corrected chi connectivity index (χ2v) is 5.18. The number of benzene rings is 2. The van der Waals surface area contributed by atoms with Gasteiger partial charge in [0.05, 0.1) is 11.9 Å². The maximum Gasteiger partial charge on any atom is 0.203 e. The Hall–Kier alpha value is -2.53. The summed E-state index contributed by atoms with van der Waals surface area (Å²) >= 11 is 1.45. The molecule has 21 heavy (non-hydrogen) atoms. The van der Waals surface area contributed by atoms with Crippen molar-refractivity contribution >= 4 is 22.7 Å². The average Bonchev–Trinajstić information content (AvgIpc) is 2.98. The molecule has 0 saturated heterocycles. The summed E-state index contributed by atoms with van der Waals surface area (Å²) in [5.74, 6) is -0.250. The largest absolute Gasteiger partial charge is 0.253 e. The number of hydrogen-bond acceptors (Lipinski definition) is 4. The smallest absolute Gasteiger partial charge is 0.203 e. The maximum atomic E-state index is 12.9. The van der Waals surface area contributed by atoms with Crippen LogP contribution in [0.5, 0.6) is 0 Å². The summed E-state index contributed by atoms with van der Waals surface area (Å²) in [6.07, 6.45) is 1.74. The van der Waals surface area contributed by atoms with E-state index in [2.05, 4.69) is 15.5 Å². The SMILES string of the molecule is Fc1ccc(-c2csc(N/N=C/c3ccccc3)n2)cc1. The van der Waals surface area contributed by atoms with Crippen LogP contribution in [-0.2, 0) is 0 Å². The van der Waals surface area contributed by atoms with E-state index in [1.165, 1.54) is 23.5 Å². The number of hydrazone groups is 1. The van der Waals surface area contributed by atoms with Gasteiger partial charge in [0.2, 0.25) is 5.13 Å². The predicted octanol–water partition coefficient (Wildman–Crippen LogP) is 4.40. The van der Waals surface area contributed by atoms with E-state index < -0.39 is 0 Å². The van der Waals surface area contributed by atoms with Crippen molar-refractivity contribution in [2.24, 2.45) is 5.10 Å². The van der Waals surface area contributed by atoms with Crippen molar-refractivity contribution in [3.8, 4) is 11.3 Å². The van der Waals surface area contributed by atoms with Crippen molar-refractivity contribution in [2.45, 2.75) is 0 Å². The fraction of sp³-hybridized carbons (Fsp3) is 0. The van der Waals surface area contributed by atoms with Gasteiger partial charge in [0, 0.05) is 10.9 Å². The van der Waals surface area contributed by atoms with E-state index in [0.29, 0.717) is 5.13 Å². The van der Waals surface area contributed by atoms with Gasteiger partial charge >= 0.3 is 0 Å². The number of halogens is 1. The summed E-state index contributed by atoms with van der Waals surface area (Å²) < 4.78 is 12.9. The highest BCUT2D eigenvalue weighted by molar-refractivity contribution is 7.14. The summed E-state index contributed by atoms with van der Waals surface area (Å²) in [6.45, 7) is 0. The van der Waals surface area contributed by atoms with Crippen LogP contribution in [0, 0.1) is 5.82 Å². The van der Waals surface area contributed by atoms with Crippen molar-refractivity contribution < 1.29 is 4.39 Å². The quantitative estimate of drug-likeness (QED) is 0.572. The molecule has 0 fully saturated rings. The molecule has 0 unspecified atom stereocenters. The Balaban J connectivity index is 1.68. The molecule has 0 atom stereocenters. The molecule has 3 rings (SSSR count). The molecule has 0 aliphatic carbocycles. The molecule has 0 spiro atoms. The third-order valence-corrected chi connectivity index (χ3v) is 3.56. The Kier molecular flexibility index (Phi) is 4.02. The first kappa shape index (κ1) is 13.5. The zero-order chi connectivity index (χ0) is 14.5. The zero-order valence-corrected chi connectivity index (χ0v) is 11.8. The highest BCUT2D eigenvalue weighted by Crippen LogP contribution is 2.24. The van der Waals surface area contributed by atoms with Crippen LogP contribution in [0.4, 0.5) is 9.52 Å². The van der Waals surface area contributed by atoms with E-state index in [1.54, 1.807) is 18.3 Å². The number of hydrogen-bond donors (Lipinski definition) is 1. The van der Waals surface area contributed by atoms with Gasteiger partial charge in [-0.3, -0.25) is 5.43 Å². The number of rotatable bonds is 4. The Bertz CT molecular complexity index is 736. The van der Waals surface area contributed by atoms with Crippen LogP contribution in [0.1, 0.15) is 5.56 Å². The molecule has 1 aromatic heterocycles. The van der Waals surface area contributed by atoms with E-state index in [9.17, 15) is 4.39 Å². The predicted molar refractivity (Wildman–Crippen MR) is 85.2 cm³/mol. The molecule has 2 aromatic carbocycles. The Morgan fingerprint density at radius 2 is 1.81 bits per heavy atom. The summed E-state index contributed by atoms with van der Waals surface area (Å²) in [4.78, 5) is 4.41. The molecular formula is C16H12FN3S. The first-order valence-corrected chi connectivity index (χ1v) is 7.25. The van der Waals surface area contributed by atoms with Gasteiger partial charge in [0.25, 0.3) is 0 Å². The second-order valence-electron chi connectivity index (χ2n) is 4.33. The normalized spacial score (nSPS) is 10.9. The third-order valence-electron chi connectivity index (χ3n) is 2.82. The molecule has 5 heteroatoms. The molecule has 3 nitrogen and oxygen atoms in total. The van der Waals surface area contributed by atoms with Crippen LogP contribution in [0.2, 0.25) is 0 Å². The van der Waals surface area contributed by atoms with Crippen LogP contribution in [0.3, 0.4) is 0 Å². The number of thiazole rings is 1. The Morgan fingerprint density at radius 3 is 2.57 bits per heavy atom. The lowest BCUT2D eigenvalue weighted by atomic mass is 10.2. The fourth-order valence-electron chi connectivity index (χ4n) is 1.78. The summed E-state index contributed by atoms with van der Waals surface area (Å²) in [7, 11) is 0. The molecular weight excluding hydrogens is 285 g/mol. The van der Waals surface area contributed by atoms with Crippen LogP contribution in [0.15, 0.2) is 65.1 Å². The molecule has 1 N–H and O–H groups in total. The minimum atomic E-state index is -0.250. The van der Waals surface area contributed by atoms with Gasteiger partial charge in [-0.1, -0.05) is 30.3 Å². The van der Waals surface area contributed by atoms with E-state index in [4.69, 9.17) is 0 Å². The molecule has 0 aliphatic heterocycles. The Morgan fingerprint density at radius 1 is 1.05 bits per heavy atom. The molecule has 104 valence electrons. The summed E-state index contributed by atoms with van der Waals surface area (Å²) in [5, 5.41) is 6.75. The zero-order valence-electron chi connectivity index (χ0n) is 11.0. The Labute approximate surface area is 125 Å². The van der Waals surface area contributed by atoms with E-state index >= 15 is 0 Å². The third kappa shape index (κ3) is 3.52. The van der Waals surface area contributed by atoms with E-state index in [0.717, 1.165) is 16.8 Å². The molecule has 0 aliphatic rings. The van der Waals surface area contributed by atoms with Gasteiger partial charge < -0.3 is 0 Å². The van der Waals surface area contributed by atoms with Crippen LogP contribution >= 0.6 is 11.3 Å². The highest BCUT2D eigenvalue weighted by Gasteiger charge is 2.03. The van der Waals surface area contributed by atoms with Crippen LogP contribution in [0.25, 0.3) is 11.3 Å². The lowest BCUT2D eigenvalue weighted by Gasteiger charge is -1.96. The molecule has 1 heterocycles. The molecule has 3 aromatic rings. The minimum Gasteiger partial charge on any atom is -0.253 e. The summed E-state index contributed by atoms with van der Waals surface area (Å²) in [5.41, 5.74) is 5.60. The van der Waals surface area contributed by atoms with Crippen molar-refractivity contribution in [1.82, 2.24) is 4.98 Å². The van der Waals surface area contributed by atoms with Gasteiger partial charge in [-0.2, -0.15) is 5.10 Å². The lowest BCUT2D eigenvalue weighted by Crippen LogP contribution is -1.89. The molecule has 0 radical (unpaired) electrons. The van der Waals surface area contributed by atoms with Crippen LogP contribution in [-0.4, -0.2) is 11.2 Å². The first-order chi connectivity index (χ1) is 10.3. The van der Waals surface area contributed by atoms with Gasteiger partial charge in [-0.25, -0.2) is 9.37 Å². The number of anilines is 1. The standard InChI is InChI=1S/C16H12FN3S/c17-14-8-6-13(7-9-14)15-11-21-16(19-15)20-18-10-12-4-2-1-3-5-12/h1-11H,(H,19,20)/b18-10+. The maximum absolute atomic E-state index is 12.9. The van der Waals surface area contributed by atoms with Gasteiger partial charge in [-0.15, -0.1) is 11.3 Å². The first-order valence-electron chi connectivity index (χ1n) is 6.37. The lowest BCUT2D eigenvalue weighted by molar-refractivity contribution is 0.628. The number of nitrogens with zero attached hydrogens (tertiary/aromatic N) is 2. The van der Waals surface area contributed by atoms with Gasteiger partial charge in [0.15, 0.2) is 0 Å². The van der Waals surface area contributed by atoms with Crippen molar-refractivity contribution in [1.29, 1.82) is 0 Å². The molecule has 0 amide bonds. The molecule has 0 saturated carbocycles. The van der Waals surface area contributed by atoms with Crippen molar-refractivity contribution in [3.05, 3.63) is 71.4 Å². The number of aromatic nitrogens is 1. The van der Waals surface area contributed by atoms with Crippen molar-refractivity contribution in [3.63, 3.8) is 0 Å². The van der Waals surface area contributed by atoms with Gasteiger partial charge in [-0.05, 0) is 29.8 Å². The minimum absolute atomic E-state index is 0.250. The highest BCUT2D eigenvalue weighted by atomic mass is 32.1. The molecule has 0 bridgehead atoms. The van der Waals surface area contributed by atoms with Gasteiger partial charge in [0.1, 0.15) is 5.82 Å². The second kappa shape index (κ2) is 6.28. The fourth-order valence-corrected chi connectivity index (χ4v) is 2.45. The van der Waals surface area contributed by atoms with Crippen LogP contribution < -0.4 is 5.43 Å². The number of nitrogens with one attached hydrogen (secondary N) is 1. The van der Waals surface area contributed by atoms with E-state index in [-0.39, 0.29) is 5.82 Å².